The number of rotatable bonds is 5. The number of hydrogen-bond acceptors (Lipinski definition) is 2. The van der Waals surface area contributed by atoms with Crippen LogP contribution in [0.1, 0.15) is 31.0 Å². The third kappa shape index (κ3) is 5.11. The molecule has 23 heavy (non-hydrogen) atoms. The van der Waals surface area contributed by atoms with E-state index in [2.05, 4.69) is 10.6 Å². The highest BCUT2D eigenvalue weighted by Crippen LogP contribution is 2.12. The molecule has 4 nitrogen and oxygen atoms in total. The number of hydrogen-bond donors (Lipinski definition) is 2. The van der Waals surface area contributed by atoms with Crippen molar-refractivity contribution in [3.63, 3.8) is 0 Å². The van der Waals surface area contributed by atoms with Gasteiger partial charge in [-0.15, -0.1) is 0 Å². The molecule has 2 N–H and O–H groups in total. The summed E-state index contributed by atoms with van der Waals surface area (Å²) in [4.78, 5) is 23.8. The molecule has 2 aromatic rings. The first kappa shape index (κ1) is 16.5. The maximum Gasteiger partial charge on any atom is 0.268 e. The standard InChI is InChI=1S/C19H20N2O2/c1-14(17-11-7-4-8-12-17)20-19(23)18(21-15(2)22)13-16-9-5-3-6-10-16/h3-14H,1-2H3,(H,20,23)(H,21,22)/b18-13+/t14-/m0/s1. The van der Waals surface area contributed by atoms with Crippen molar-refractivity contribution in [3.8, 4) is 0 Å². The van der Waals surface area contributed by atoms with Gasteiger partial charge in [-0.1, -0.05) is 60.7 Å². The van der Waals surface area contributed by atoms with Crippen molar-refractivity contribution in [2.75, 3.05) is 0 Å². The van der Waals surface area contributed by atoms with Gasteiger partial charge in [-0.25, -0.2) is 0 Å². The van der Waals surface area contributed by atoms with Crippen LogP contribution < -0.4 is 10.6 Å². The van der Waals surface area contributed by atoms with Crippen molar-refractivity contribution in [2.45, 2.75) is 19.9 Å². The third-order valence-electron chi connectivity index (χ3n) is 3.31. The van der Waals surface area contributed by atoms with Gasteiger partial charge in [0, 0.05) is 6.92 Å². The molecule has 0 aliphatic carbocycles. The van der Waals surface area contributed by atoms with Crippen LogP contribution in [0.15, 0.2) is 66.4 Å². The van der Waals surface area contributed by atoms with Crippen LogP contribution in [0.25, 0.3) is 6.08 Å². The van der Waals surface area contributed by atoms with Crippen LogP contribution in [0, 0.1) is 0 Å². The quantitative estimate of drug-likeness (QED) is 0.834. The first-order valence-corrected chi connectivity index (χ1v) is 7.46. The summed E-state index contributed by atoms with van der Waals surface area (Å²) in [6.45, 7) is 3.29. The molecule has 0 bridgehead atoms. The van der Waals surface area contributed by atoms with Crippen molar-refractivity contribution in [2.24, 2.45) is 0 Å². The molecule has 2 amide bonds. The van der Waals surface area contributed by atoms with Crippen LogP contribution in [-0.2, 0) is 9.59 Å². The van der Waals surface area contributed by atoms with Crippen molar-refractivity contribution in [1.29, 1.82) is 0 Å². The van der Waals surface area contributed by atoms with E-state index in [1.165, 1.54) is 6.92 Å². The average Bonchev–Trinajstić information content (AvgIpc) is 2.55. The Labute approximate surface area is 136 Å². The zero-order valence-electron chi connectivity index (χ0n) is 13.2. The number of nitrogens with one attached hydrogen (secondary N) is 2. The molecule has 1 atom stereocenters. The molecule has 0 aromatic heterocycles. The average molecular weight is 308 g/mol. The zero-order chi connectivity index (χ0) is 16.7. The monoisotopic (exact) mass is 308 g/mol. The maximum absolute atomic E-state index is 12.5. The summed E-state index contributed by atoms with van der Waals surface area (Å²) < 4.78 is 0. The summed E-state index contributed by atoms with van der Waals surface area (Å²) >= 11 is 0. The minimum atomic E-state index is -0.319. The first-order valence-electron chi connectivity index (χ1n) is 7.46. The number of benzene rings is 2. The smallest absolute Gasteiger partial charge is 0.268 e. The molecule has 0 fully saturated rings. The molecule has 0 spiro atoms. The summed E-state index contributed by atoms with van der Waals surface area (Å²) in [5.41, 5.74) is 2.08. The molecule has 2 rings (SSSR count). The molecule has 0 heterocycles. The number of amides is 2. The molecule has 4 heteroatoms. The van der Waals surface area contributed by atoms with Gasteiger partial charge in [-0.3, -0.25) is 9.59 Å². The normalized spacial score (nSPS) is 12.3. The highest BCUT2D eigenvalue weighted by atomic mass is 16.2. The Morgan fingerprint density at radius 3 is 2.09 bits per heavy atom. The van der Waals surface area contributed by atoms with Gasteiger partial charge in [-0.05, 0) is 24.1 Å². The van der Waals surface area contributed by atoms with Gasteiger partial charge in [0.1, 0.15) is 5.70 Å². The zero-order valence-corrected chi connectivity index (χ0v) is 13.2. The van der Waals surface area contributed by atoms with Gasteiger partial charge < -0.3 is 10.6 Å². The maximum atomic E-state index is 12.5. The van der Waals surface area contributed by atoms with Crippen LogP contribution >= 0.6 is 0 Å². The molecule has 0 unspecified atom stereocenters. The van der Waals surface area contributed by atoms with Gasteiger partial charge >= 0.3 is 0 Å². The summed E-state index contributed by atoms with van der Waals surface area (Å²) in [6, 6.07) is 18.9. The predicted octanol–water partition coefficient (Wildman–Crippen LogP) is 3.04. The summed E-state index contributed by atoms with van der Waals surface area (Å²) in [5.74, 6) is -0.602. The van der Waals surface area contributed by atoms with Crippen LogP contribution in [-0.4, -0.2) is 11.8 Å². The lowest BCUT2D eigenvalue weighted by molar-refractivity contribution is -0.122. The van der Waals surface area contributed by atoms with Gasteiger partial charge in [0.2, 0.25) is 5.91 Å². The molecule has 0 radical (unpaired) electrons. The molecule has 0 aliphatic heterocycles. The first-order chi connectivity index (χ1) is 11.1. The Balaban J connectivity index is 2.17. The second kappa shape index (κ2) is 7.94. The van der Waals surface area contributed by atoms with E-state index in [-0.39, 0.29) is 23.6 Å². The van der Waals surface area contributed by atoms with Crippen molar-refractivity contribution in [3.05, 3.63) is 77.5 Å². The van der Waals surface area contributed by atoms with E-state index in [0.29, 0.717) is 0 Å². The Bertz CT molecular complexity index is 694. The third-order valence-corrected chi connectivity index (χ3v) is 3.31. The lowest BCUT2D eigenvalue weighted by Gasteiger charge is -2.16. The lowest BCUT2D eigenvalue weighted by atomic mass is 10.1. The van der Waals surface area contributed by atoms with E-state index in [1.807, 2.05) is 67.6 Å². The largest absolute Gasteiger partial charge is 0.344 e. The van der Waals surface area contributed by atoms with Crippen LogP contribution in [0.4, 0.5) is 0 Å². The minimum Gasteiger partial charge on any atom is -0.344 e. The van der Waals surface area contributed by atoms with Gasteiger partial charge in [0.05, 0.1) is 6.04 Å². The van der Waals surface area contributed by atoms with Gasteiger partial charge in [0.15, 0.2) is 0 Å². The van der Waals surface area contributed by atoms with Crippen LogP contribution in [0.2, 0.25) is 0 Å². The van der Waals surface area contributed by atoms with Crippen molar-refractivity contribution >= 4 is 17.9 Å². The Hall–Kier alpha value is -2.88. The Morgan fingerprint density at radius 1 is 0.957 bits per heavy atom. The fourth-order valence-corrected chi connectivity index (χ4v) is 2.16. The van der Waals surface area contributed by atoms with E-state index in [4.69, 9.17) is 0 Å². The second-order valence-corrected chi connectivity index (χ2v) is 5.26. The SMILES string of the molecule is CC(=O)N/C(=C/c1ccccc1)C(=O)N[C@@H](C)c1ccccc1. The van der Waals surface area contributed by atoms with E-state index in [0.717, 1.165) is 11.1 Å². The van der Waals surface area contributed by atoms with Crippen molar-refractivity contribution in [1.82, 2.24) is 10.6 Å². The van der Waals surface area contributed by atoms with E-state index in [1.54, 1.807) is 6.08 Å². The topological polar surface area (TPSA) is 58.2 Å². The number of carbonyl (C=O) groups is 2. The summed E-state index contributed by atoms with van der Waals surface area (Å²) in [7, 11) is 0. The Morgan fingerprint density at radius 2 is 1.52 bits per heavy atom. The molecular weight excluding hydrogens is 288 g/mol. The summed E-state index contributed by atoms with van der Waals surface area (Å²) in [5, 5.41) is 5.50. The summed E-state index contributed by atoms with van der Waals surface area (Å²) in [6.07, 6.45) is 1.66. The molecule has 2 aromatic carbocycles. The van der Waals surface area contributed by atoms with E-state index in [9.17, 15) is 9.59 Å². The molecular formula is C19H20N2O2. The molecule has 0 saturated carbocycles. The van der Waals surface area contributed by atoms with Gasteiger partial charge in [0.25, 0.3) is 5.91 Å². The van der Waals surface area contributed by atoms with Crippen molar-refractivity contribution < 1.29 is 9.59 Å². The fraction of sp³-hybridized carbons (Fsp3) is 0.158. The highest BCUT2D eigenvalue weighted by Gasteiger charge is 2.14. The minimum absolute atomic E-state index is 0.156. The number of carbonyl (C=O) groups excluding carboxylic acids is 2. The lowest BCUT2D eigenvalue weighted by Crippen LogP contribution is -2.35. The van der Waals surface area contributed by atoms with Crippen LogP contribution in [0.5, 0.6) is 0 Å². The molecule has 0 aliphatic rings. The Kier molecular flexibility index (Phi) is 5.69. The molecule has 118 valence electrons. The molecule has 0 saturated heterocycles. The predicted molar refractivity (Wildman–Crippen MR) is 91.2 cm³/mol. The van der Waals surface area contributed by atoms with Gasteiger partial charge in [-0.2, -0.15) is 0 Å². The van der Waals surface area contributed by atoms with E-state index >= 15 is 0 Å². The van der Waals surface area contributed by atoms with E-state index < -0.39 is 0 Å². The fourth-order valence-electron chi connectivity index (χ4n) is 2.16. The second-order valence-electron chi connectivity index (χ2n) is 5.26. The van der Waals surface area contributed by atoms with Crippen LogP contribution in [0.3, 0.4) is 0 Å². The highest BCUT2D eigenvalue weighted by molar-refractivity contribution is 6.01.